The number of nitrogens with zero attached hydrogens (tertiary/aromatic N) is 10. The Balaban J connectivity index is 0.636. The largest absolute Gasteiger partial charge is 0.495 e. The Labute approximate surface area is 458 Å². The van der Waals surface area contributed by atoms with Gasteiger partial charge in [0.25, 0.3) is 11.8 Å². The van der Waals surface area contributed by atoms with E-state index in [1.165, 1.54) is 0 Å². The molecule has 77 heavy (non-hydrogen) atoms. The van der Waals surface area contributed by atoms with Crippen molar-refractivity contribution in [2.75, 3.05) is 99.7 Å². The number of likely N-dealkylation sites (N-methyl/N-ethyl adjacent to an activating group) is 1. The Morgan fingerprint density at radius 3 is 2.19 bits per heavy atom. The Morgan fingerprint density at radius 1 is 0.857 bits per heavy atom. The van der Waals surface area contributed by atoms with Crippen LogP contribution >= 0.6 is 11.6 Å². The van der Waals surface area contributed by atoms with Crippen LogP contribution in [0.4, 0.5) is 29.1 Å². The van der Waals surface area contributed by atoms with Crippen LogP contribution in [0, 0.1) is 22.2 Å². The average molecular weight is 1070 g/mol. The minimum atomic E-state index is -0.384. The SMILES string of the molecule is CC[C@@H]1C(=O)N(C)c2cnc(Nc3ccc(C(=O)NCCCN4CCN(CCCOC5CCN(c6ncc(C(=O)NC7C(C)(C)C(Oc8ccc(C#N)c(Cl)c8)C7(C)C)cn6)CC5)CC4)cc3OC)nc2N1C1CCCC1. The molecule has 9 rings (SSSR count). The molecule has 3 N–H and O–H groups in total. The summed E-state index contributed by atoms with van der Waals surface area (Å²) in [5.74, 6) is 2.57. The van der Waals surface area contributed by atoms with Crippen molar-refractivity contribution in [2.24, 2.45) is 10.8 Å². The number of carbonyl (C=O) groups is 3. The number of hydrogen-bond acceptors (Lipinski definition) is 16. The smallest absolute Gasteiger partial charge is 0.254 e. The maximum atomic E-state index is 13.5. The van der Waals surface area contributed by atoms with Gasteiger partial charge < -0.3 is 54.7 Å². The van der Waals surface area contributed by atoms with Gasteiger partial charge in [-0.05, 0) is 81.8 Å². The highest BCUT2D eigenvalue weighted by molar-refractivity contribution is 6.31. The molecule has 4 fully saturated rings. The number of fused-ring (bicyclic) bond motifs is 1. The van der Waals surface area contributed by atoms with Gasteiger partial charge in [-0.1, -0.05) is 59.1 Å². The summed E-state index contributed by atoms with van der Waals surface area (Å²) in [7, 11) is 3.37. The van der Waals surface area contributed by atoms with Crippen LogP contribution in [-0.4, -0.2) is 157 Å². The van der Waals surface area contributed by atoms with Crippen molar-refractivity contribution in [3.05, 3.63) is 76.7 Å². The van der Waals surface area contributed by atoms with Crippen LogP contribution in [0.25, 0.3) is 0 Å². The lowest BCUT2D eigenvalue weighted by Crippen LogP contribution is -2.74. The van der Waals surface area contributed by atoms with Gasteiger partial charge in [-0.2, -0.15) is 10.2 Å². The maximum Gasteiger partial charge on any atom is 0.254 e. The number of methoxy groups -OCH3 is 1. The van der Waals surface area contributed by atoms with Crippen LogP contribution in [0.5, 0.6) is 11.5 Å². The van der Waals surface area contributed by atoms with E-state index in [9.17, 15) is 19.6 Å². The highest BCUT2D eigenvalue weighted by atomic mass is 35.5. The van der Waals surface area contributed by atoms with E-state index in [0.717, 1.165) is 116 Å². The number of nitriles is 1. The summed E-state index contributed by atoms with van der Waals surface area (Å²) in [6, 6.07) is 12.3. The van der Waals surface area contributed by atoms with E-state index in [0.29, 0.717) is 69.4 Å². The van der Waals surface area contributed by atoms with Crippen molar-refractivity contribution in [1.82, 2.24) is 40.4 Å². The van der Waals surface area contributed by atoms with Crippen LogP contribution < -0.4 is 40.1 Å². The van der Waals surface area contributed by atoms with Gasteiger partial charge in [0.1, 0.15) is 35.4 Å². The number of carbonyl (C=O) groups excluding carboxylic acids is 3. The Kier molecular flexibility index (Phi) is 17.4. The summed E-state index contributed by atoms with van der Waals surface area (Å²) < 4.78 is 18.4. The molecule has 0 bridgehead atoms. The summed E-state index contributed by atoms with van der Waals surface area (Å²) in [6.07, 6.45) is 13.6. The number of anilines is 5. The fraction of sp³-hybridized carbons (Fsp3) is 0.579. The molecule has 2 aromatic carbocycles. The zero-order valence-corrected chi connectivity index (χ0v) is 46.6. The number of rotatable bonds is 20. The second-order valence-electron chi connectivity index (χ2n) is 22.4. The molecule has 19 nitrogen and oxygen atoms in total. The van der Waals surface area contributed by atoms with Crippen LogP contribution in [0.15, 0.2) is 55.0 Å². The van der Waals surface area contributed by atoms with Crippen molar-refractivity contribution in [2.45, 2.75) is 123 Å². The molecule has 0 radical (unpaired) electrons. The predicted octanol–water partition coefficient (Wildman–Crippen LogP) is 7.47. The molecule has 0 spiro atoms. The topological polar surface area (TPSA) is 207 Å². The van der Waals surface area contributed by atoms with Gasteiger partial charge >= 0.3 is 0 Å². The summed E-state index contributed by atoms with van der Waals surface area (Å²) in [6.45, 7) is 19.2. The highest BCUT2D eigenvalue weighted by Crippen LogP contribution is 2.55. The zero-order chi connectivity index (χ0) is 54.4. The van der Waals surface area contributed by atoms with Crippen molar-refractivity contribution in [3.63, 3.8) is 0 Å². The summed E-state index contributed by atoms with van der Waals surface area (Å²) >= 11 is 6.26. The van der Waals surface area contributed by atoms with E-state index in [-0.39, 0.29) is 58.9 Å². The second kappa shape index (κ2) is 24.1. The quantitative estimate of drug-likeness (QED) is 0.0734. The van der Waals surface area contributed by atoms with Crippen LogP contribution in [0.1, 0.15) is 119 Å². The lowest BCUT2D eigenvalue weighted by molar-refractivity contribution is -0.164. The van der Waals surface area contributed by atoms with E-state index in [1.807, 2.05) is 6.07 Å². The predicted molar refractivity (Wildman–Crippen MR) is 298 cm³/mol. The first-order valence-electron chi connectivity index (χ1n) is 27.6. The molecule has 2 aliphatic carbocycles. The van der Waals surface area contributed by atoms with Crippen molar-refractivity contribution < 1.29 is 28.6 Å². The van der Waals surface area contributed by atoms with Gasteiger partial charge in [0.05, 0.1) is 41.2 Å². The van der Waals surface area contributed by atoms with Gasteiger partial charge in [-0.25, -0.2) is 15.0 Å². The fourth-order valence-corrected chi connectivity index (χ4v) is 12.7. The third-order valence-corrected chi connectivity index (χ3v) is 16.9. The number of piperazine rings is 1. The number of nitrogens with one attached hydrogen (secondary N) is 3. The molecule has 5 aliphatic rings. The molecule has 2 aromatic heterocycles. The van der Waals surface area contributed by atoms with E-state index in [1.54, 1.807) is 68.0 Å². The minimum Gasteiger partial charge on any atom is -0.495 e. The third-order valence-electron chi connectivity index (χ3n) is 16.6. The third kappa shape index (κ3) is 12.2. The average Bonchev–Trinajstić information content (AvgIpc) is 4.10. The number of ether oxygens (including phenoxy) is 3. The number of aromatic nitrogens is 4. The molecule has 4 aromatic rings. The van der Waals surface area contributed by atoms with E-state index < -0.39 is 0 Å². The summed E-state index contributed by atoms with van der Waals surface area (Å²) in [5, 5.41) is 19.2. The number of amides is 3. The van der Waals surface area contributed by atoms with Gasteiger partial charge in [0, 0.05) is 113 Å². The normalized spacial score (nSPS) is 21.7. The Bertz CT molecular complexity index is 2750. The number of hydrogen-bond donors (Lipinski definition) is 3. The molecule has 1 atom stereocenters. The first-order chi connectivity index (χ1) is 37.1. The highest BCUT2D eigenvalue weighted by Gasteiger charge is 2.64. The molecular formula is C57H76ClN13O6. The molecule has 412 valence electrons. The van der Waals surface area contributed by atoms with E-state index >= 15 is 0 Å². The van der Waals surface area contributed by atoms with E-state index in [4.69, 9.17) is 30.8 Å². The maximum absolute atomic E-state index is 13.5. The lowest BCUT2D eigenvalue weighted by Gasteiger charge is -2.63. The first kappa shape index (κ1) is 55.4. The monoisotopic (exact) mass is 1070 g/mol. The Morgan fingerprint density at radius 2 is 1.55 bits per heavy atom. The number of benzene rings is 2. The van der Waals surface area contributed by atoms with E-state index in [2.05, 4.69) is 91.2 Å². The second-order valence-corrected chi connectivity index (χ2v) is 22.8. The van der Waals surface area contributed by atoms with Crippen LogP contribution in [-0.2, 0) is 9.53 Å². The minimum absolute atomic E-state index is 0.0739. The van der Waals surface area contributed by atoms with Crippen molar-refractivity contribution in [3.8, 4) is 17.6 Å². The summed E-state index contributed by atoms with van der Waals surface area (Å²) in [4.78, 5) is 69.8. The van der Waals surface area contributed by atoms with Gasteiger partial charge in [-0.3, -0.25) is 14.4 Å². The van der Waals surface area contributed by atoms with Gasteiger partial charge in [0.15, 0.2) is 5.82 Å². The van der Waals surface area contributed by atoms with Gasteiger partial charge in [0.2, 0.25) is 17.8 Å². The molecule has 3 amide bonds. The van der Waals surface area contributed by atoms with Crippen molar-refractivity contribution in [1.29, 1.82) is 5.26 Å². The summed E-state index contributed by atoms with van der Waals surface area (Å²) in [5.41, 5.74) is 1.89. The Hall–Kier alpha value is -6.33. The molecular weight excluding hydrogens is 998 g/mol. The van der Waals surface area contributed by atoms with Crippen LogP contribution in [0.2, 0.25) is 5.02 Å². The standard InChI is InChI=1S/C57H76ClN13O6/c1-8-45-51(74)67(6)46-36-61-54(65-48(46)71(45)40-13-9-10-14-40)64-44-18-16-37(31-47(44)75-7)49(72)60-21-11-22-68-26-28-69(29-27-68)23-12-30-76-41-19-24-70(25-20-41)55-62-34-39(35-63-55)50(73)66-52-56(2,3)53(57(52,4)5)77-42-17-15-38(33-59)43(58)32-42/h15-18,31-32,34-36,40-41,45,52-53H,8-14,19-30H2,1-7H3,(H,60,72)(H,66,73)(H,61,64,65)/t45-,52?,53?/m1/s1. The number of halogens is 1. The van der Waals surface area contributed by atoms with Crippen LogP contribution in [0.3, 0.4) is 0 Å². The molecule has 20 heteroatoms. The fourth-order valence-electron chi connectivity index (χ4n) is 12.5. The number of piperidine rings is 1. The first-order valence-corrected chi connectivity index (χ1v) is 27.9. The molecule has 2 saturated heterocycles. The van der Waals surface area contributed by atoms with Gasteiger partial charge in [-0.15, -0.1) is 0 Å². The molecule has 5 heterocycles. The molecule has 3 aliphatic heterocycles. The van der Waals surface area contributed by atoms with Crippen molar-refractivity contribution >= 4 is 58.4 Å². The molecule has 2 saturated carbocycles. The molecule has 0 unspecified atom stereocenters. The lowest BCUT2D eigenvalue weighted by atomic mass is 9.49. The zero-order valence-electron chi connectivity index (χ0n) is 45.8.